The molecule has 0 bridgehead atoms. The summed E-state index contributed by atoms with van der Waals surface area (Å²) in [7, 11) is -0.661. The van der Waals surface area contributed by atoms with E-state index in [0.717, 1.165) is 23.3 Å². The number of alkyl halides is 3. The first-order valence-electron chi connectivity index (χ1n) is 15.2. The Morgan fingerprint density at radius 1 is 1.00 bits per heavy atom. The standard InChI is InChI=1S/C32H41BF3N3O6S/c1-21(2)46-17-16-42-20-39-27-19-25(33-44-30(4,5)31(6,7)45-33)12-13-26(27)38(14-9-15-43-22(3)40)29(39)37-28(41)23-10-8-11-24(18-23)32(34,35)36/h8,10-13,18-19,21H,9,14-17,20H2,1-7H3. The molecule has 0 atom stereocenters. The van der Waals surface area contributed by atoms with Gasteiger partial charge in [-0.05, 0) is 75.2 Å². The molecule has 1 aliphatic heterocycles. The van der Waals surface area contributed by atoms with Crippen molar-refractivity contribution in [2.24, 2.45) is 4.99 Å². The van der Waals surface area contributed by atoms with Crippen molar-refractivity contribution in [2.75, 3.05) is 19.0 Å². The van der Waals surface area contributed by atoms with Gasteiger partial charge >= 0.3 is 19.3 Å². The van der Waals surface area contributed by atoms with E-state index in [2.05, 4.69) is 18.8 Å². The van der Waals surface area contributed by atoms with Crippen molar-refractivity contribution in [2.45, 2.75) is 90.8 Å². The van der Waals surface area contributed by atoms with E-state index in [-0.39, 0.29) is 24.5 Å². The average molecular weight is 664 g/mol. The van der Waals surface area contributed by atoms with Crippen LogP contribution in [0.3, 0.4) is 0 Å². The molecule has 0 radical (unpaired) electrons. The maximum Gasteiger partial charge on any atom is 0.494 e. The van der Waals surface area contributed by atoms with Gasteiger partial charge in [0, 0.05) is 24.8 Å². The van der Waals surface area contributed by atoms with E-state index in [9.17, 15) is 22.8 Å². The summed E-state index contributed by atoms with van der Waals surface area (Å²) in [5.41, 5.74) is -0.0103. The highest BCUT2D eigenvalue weighted by Crippen LogP contribution is 2.36. The number of rotatable bonds is 12. The molecular weight excluding hydrogens is 622 g/mol. The van der Waals surface area contributed by atoms with Crippen molar-refractivity contribution >= 4 is 47.3 Å². The number of halogens is 3. The van der Waals surface area contributed by atoms with E-state index >= 15 is 0 Å². The molecule has 0 N–H and O–H groups in total. The molecule has 0 unspecified atom stereocenters. The first-order valence-corrected chi connectivity index (χ1v) is 16.2. The third-order valence-corrected chi connectivity index (χ3v) is 9.03. The fourth-order valence-electron chi connectivity index (χ4n) is 4.86. The van der Waals surface area contributed by atoms with Crippen molar-refractivity contribution < 1.29 is 41.5 Å². The predicted octanol–water partition coefficient (Wildman–Crippen LogP) is 5.57. The van der Waals surface area contributed by atoms with E-state index in [1.54, 1.807) is 20.9 Å². The predicted molar refractivity (Wildman–Crippen MR) is 172 cm³/mol. The minimum Gasteiger partial charge on any atom is -0.466 e. The minimum atomic E-state index is -4.62. The number of imidazole rings is 1. The second kappa shape index (κ2) is 14.4. The van der Waals surface area contributed by atoms with Gasteiger partial charge in [-0.15, -0.1) is 0 Å². The normalized spacial score (nSPS) is 16.5. The Hall–Kier alpha value is -3.07. The smallest absolute Gasteiger partial charge is 0.466 e. The van der Waals surface area contributed by atoms with Gasteiger partial charge in [0.2, 0.25) is 5.62 Å². The van der Waals surface area contributed by atoms with Crippen LogP contribution in [0.5, 0.6) is 0 Å². The van der Waals surface area contributed by atoms with Gasteiger partial charge in [0.15, 0.2) is 0 Å². The largest absolute Gasteiger partial charge is 0.494 e. The minimum absolute atomic E-state index is 0.0215. The number of esters is 1. The average Bonchev–Trinajstić information content (AvgIpc) is 3.37. The van der Waals surface area contributed by atoms with Crippen molar-refractivity contribution in [3.8, 4) is 0 Å². The van der Waals surface area contributed by atoms with Crippen LogP contribution < -0.4 is 11.1 Å². The highest BCUT2D eigenvalue weighted by Gasteiger charge is 2.51. The number of hydrogen-bond donors (Lipinski definition) is 0. The monoisotopic (exact) mass is 663 g/mol. The van der Waals surface area contributed by atoms with Crippen LogP contribution in [0.4, 0.5) is 13.2 Å². The first kappa shape index (κ1) is 35.8. The molecule has 9 nitrogen and oxygen atoms in total. The Kier molecular flexibility index (Phi) is 11.2. The topological polar surface area (TPSA) is 93.3 Å². The van der Waals surface area contributed by atoms with Crippen molar-refractivity contribution in [3.05, 3.63) is 59.2 Å². The van der Waals surface area contributed by atoms with Crippen LogP contribution in [0.2, 0.25) is 0 Å². The molecule has 1 amide bonds. The van der Waals surface area contributed by atoms with E-state index in [4.69, 9.17) is 18.8 Å². The number of carbonyl (C=O) groups is 2. The Balaban J connectivity index is 1.84. The van der Waals surface area contributed by atoms with Gasteiger partial charge in [0.1, 0.15) is 6.73 Å². The number of fused-ring (bicyclic) bond motifs is 1. The Morgan fingerprint density at radius 2 is 1.70 bits per heavy atom. The summed E-state index contributed by atoms with van der Waals surface area (Å²) in [5.74, 6) is -0.518. The highest BCUT2D eigenvalue weighted by molar-refractivity contribution is 7.99. The zero-order chi connectivity index (χ0) is 33.9. The number of thioether (sulfide) groups is 1. The van der Waals surface area contributed by atoms with Gasteiger partial charge in [0.25, 0.3) is 5.91 Å². The van der Waals surface area contributed by atoms with E-state index in [0.29, 0.717) is 35.9 Å². The number of ether oxygens (including phenoxy) is 2. The quantitative estimate of drug-likeness (QED) is 0.142. The van der Waals surface area contributed by atoms with Crippen molar-refractivity contribution in [3.63, 3.8) is 0 Å². The molecule has 2 aromatic carbocycles. The molecule has 3 aromatic rings. The molecule has 250 valence electrons. The Morgan fingerprint density at radius 3 is 2.33 bits per heavy atom. The number of aryl methyl sites for hydroxylation is 1. The van der Waals surface area contributed by atoms with Crippen molar-refractivity contribution in [1.82, 2.24) is 9.13 Å². The summed E-state index contributed by atoms with van der Waals surface area (Å²) >= 11 is 1.74. The molecule has 1 fully saturated rings. The lowest BCUT2D eigenvalue weighted by atomic mass is 9.79. The lowest BCUT2D eigenvalue weighted by molar-refractivity contribution is -0.141. The summed E-state index contributed by atoms with van der Waals surface area (Å²) in [6.07, 6.45) is -4.22. The number of nitrogens with zero attached hydrogens (tertiary/aromatic N) is 3. The van der Waals surface area contributed by atoms with Crippen LogP contribution in [0.1, 0.15) is 70.8 Å². The fourth-order valence-corrected chi connectivity index (χ4v) is 5.55. The number of hydrogen-bond acceptors (Lipinski definition) is 7. The van der Waals surface area contributed by atoms with Crippen LogP contribution in [-0.2, 0) is 43.0 Å². The van der Waals surface area contributed by atoms with Crippen LogP contribution in [0, 0.1) is 0 Å². The van der Waals surface area contributed by atoms with Crippen LogP contribution in [0.25, 0.3) is 11.0 Å². The van der Waals surface area contributed by atoms with E-state index in [1.807, 2.05) is 45.9 Å². The number of aromatic nitrogens is 2. The maximum absolute atomic E-state index is 13.4. The van der Waals surface area contributed by atoms with Gasteiger partial charge in [-0.25, -0.2) is 0 Å². The number of benzene rings is 2. The van der Waals surface area contributed by atoms with Gasteiger partial charge in [0.05, 0.1) is 41.0 Å². The van der Waals surface area contributed by atoms with E-state index in [1.165, 1.54) is 19.1 Å². The van der Waals surface area contributed by atoms with Crippen LogP contribution in [0.15, 0.2) is 47.5 Å². The number of carbonyl (C=O) groups excluding carboxylic acids is 2. The molecular formula is C32H41BF3N3O6S. The Bertz CT molecular complexity index is 1620. The highest BCUT2D eigenvalue weighted by atomic mass is 32.2. The van der Waals surface area contributed by atoms with Crippen LogP contribution >= 0.6 is 11.8 Å². The SMILES string of the molecule is CC(=O)OCCCn1c(=NC(=O)c2cccc(C(F)(F)F)c2)n(COCCSC(C)C)c2cc(B3OC(C)(C)C(C)(C)O3)ccc21. The molecule has 2 heterocycles. The third kappa shape index (κ3) is 8.44. The molecule has 0 aliphatic carbocycles. The molecule has 46 heavy (non-hydrogen) atoms. The van der Waals surface area contributed by atoms with E-state index < -0.39 is 41.9 Å². The Labute approximate surface area is 271 Å². The summed E-state index contributed by atoms with van der Waals surface area (Å²) < 4.78 is 67.6. The molecule has 14 heteroatoms. The zero-order valence-electron chi connectivity index (χ0n) is 27.3. The molecule has 0 spiro atoms. The summed E-state index contributed by atoms with van der Waals surface area (Å²) in [4.78, 5) is 29.2. The first-order chi connectivity index (χ1) is 21.5. The lowest BCUT2D eigenvalue weighted by Crippen LogP contribution is -2.41. The zero-order valence-corrected chi connectivity index (χ0v) is 28.1. The fraction of sp³-hybridized carbons (Fsp3) is 0.531. The number of amides is 1. The van der Waals surface area contributed by atoms with Crippen LogP contribution in [-0.4, -0.2) is 63.5 Å². The molecule has 1 saturated heterocycles. The van der Waals surface area contributed by atoms with Gasteiger partial charge in [-0.3, -0.25) is 14.2 Å². The molecule has 0 saturated carbocycles. The van der Waals surface area contributed by atoms with Gasteiger partial charge in [-0.1, -0.05) is 26.0 Å². The lowest BCUT2D eigenvalue weighted by Gasteiger charge is -2.32. The summed E-state index contributed by atoms with van der Waals surface area (Å²) in [6, 6.07) is 9.80. The van der Waals surface area contributed by atoms with Gasteiger partial charge in [-0.2, -0.15) is 29.9 Å². The summed E-state index contributed by atoms with van der Waals surface area (Å²) in [5, 5.41) is 0.425. The molecule has 1 aromatic heterocycles. The second-order valence-corrected chi connectivity index (χ2v) is 14.0. The molecule has 1 aliphatic rings. The van der Waals surface area contributed by atoms with Crippen molar-refractivity contribution in [1.29, 1.82) is 0 Å². The second-order valence-electron chi connectivity index (χ2n) is 12.4. The molecule has 4 rings (SSSR count). The third-order valence-electron chi connectivity index (χ3n) is 7.96. The summed E-state index contributed by atoms with van der Waals surface area (Å²) in [6.45, 7) is 14.2. The van der Waals surface area contributed by atoms with Gasteiger partial charge < -0.3 is 23.3 Å². The maximum atomic E-state index is 13.4.